The van der Waals surface area contributed by atoms with Gasteiger partial charge >= 0.3 is 0 Å². The average molecular weight is 336 g/mol. The Morgan fingerprint density at radius 2 is 1.87 bits per heavy atom. The molecule has 1 saturated heterocycles. The Morgan fingerprint density at radius 3 is 2.48 bits per heavy atom. The molecule has 1 aromatic heterocycles. The van der Waals surface area contributed by atoms with Crippen LogP contribution in [0.2, 0.25) is 0 Å². The van der Waals surface area contributed by atoms with E-state index in [-0.39, 0.29) is 12.2 Å². The van der Waals surface area contributed by atoms with Gasteiger partial charge < -0.3 is 14.4 Å². The van der Waals surface area contributed by atoms with Crippen molar-refractivity contribution in [2.24, 2.45) is 0 Å². The standard InChI is InChI=1S/C15H21N5O2S/c1-11-8-18(9-12(2)22-11)10-19-15(23)20(17-16-19)13-4-6-14(21-3)7-5-13/h4-7,11-12H,8-10H2,1-3H3/p+1/t11-,12+. The Balaban J connectivity index is 1.77. The molecule has 3 atom stereocenters. The summed E-state index contributed by atoms with van der Waals surface area (Å²) < 4.78 is 15.0. The number of nitrogens with one attached hydrogen (secondary N) is 1. The highest BCUT2D eigenvalue weighted by atomic mass is 32.1. The summed E-state index contributed by atoms with van der Waals surface area (Å²) in [4.78, 5) is 1.40. The molecule has 8 heteroatoms. The number of benzene rings is 1. The molecule has 0 spiro atoms. The maximum Gasteiger partial charge on any atom is 0.225 e. The van der Waals surface area contributed by atoms with Crippen molar-refractivity contribution in [2.45, 2.75) is 32.7 Å². The van der Waals surface area contributed by atoms with Crippen LogP contribution in [0.1, 0.15) is 13.8 Å². The van der Waals surface area contributed by atoms with Gasteiger partial charge in [-0.15, -0.1) is 0 Å². The Hall–Kier alpha value is -1.77. The predicted octanol–water partition coefficient (Wildman–Crippen LogP) is 0.456. The topological polar surface area (TPSA) is 58.5 Å². The van der Waals surface area contributed by atoms with Gasteiger partial charge in [-0.3, -0.25) is 0 Å². The quantitative estimate of drug-likeness (QED) is 0.822. The second-order valence-corrected chi connectivity index (χ2v) is 6.31. The molecule has 1 unspecified atom stereocenters. The third-order valence-electron chi connectivity index (χ3n) is 3.95. The lowest BCUT2D eigenvalue weighted by Crippen LogP contribution is -3.14. The lowest BCUT2D eigenvalue weighted by molar-refractivity contribution is -0.937. The molecule has 1 N–H and O–H groups in total. The molecule has 1 aromatic carbocycles. The SMILES string of the molecule is COc1ccc(-n2nnn(C[NH+]3C[C@@H](C)O[C@@H](C)C3)c2=S)cc1. The van der Waals surface area contributed by atoms with Crippen LogP contribution in [0.15, 0.2) is 24.3 Å². The summed E-state index contributed by atoms with van der Waals surface area (Å²) in [5.74, 6) is 0.799. The molecule has 2 heterocycles. The summed E-state index contributed by atoms with van der Waals surface area (Å²) in [7, 11) is 1.64. The maximum atomic E-state index is 5.77. The molecule has 7 nitrogen and oxygen atoms in total. The van der Waals surface area contributed by atoms with Crippen LogP contribution in [0, 0.1) is 4.77 Å². The zero-order valence-corrected chi connectivity index (χ0v) is 14.4. The molecular formula is C15H22N5O2S+. The molecule has 1 aliphatic heterocycles. The highest BCUT2D eigenvalue weighted by Crippen LogP contribution is 2.14. The van der Waals surface area contributed by atoms with Crippen LogP contribution in [0.4, 0.5) is 0 Å². The van der Waals surface area contributed by atoms with E-state index in [4.69, 9.17) is 21.7 Å². The van der Waals surface area contributed by atoms with Crippen LogP contribution in [0.5, 0.6) is 5.75 Å². The van der Waals surface area contributed by atoms with E-state index in [0.717, 1.165) is 24.5 Å². The van der Waals surface area contributed by atoms with Crippen molar-refractivity contribution >= 4 is 12.2 Å². The number of methoxy groups -OCH3 is 1. The molecule has 3 rings (SSSR count). The minimum Gasteiger partial charge on any atom is -0.497 e. The fourth-order valence-corrected chi connectivity index (χ4v) is 3.23. The van der Waals surface area contributed by atoms with Crippen LogP contribution in [0.3, 0.4) is 0 Å². The number of aromatic nitrogens is 4. The average Bonchev–Trinajstić information content (AvgIpc) is 2.87. The third-order valence-corrected chi connectivity index (χ3v) is 4.33. The van der Waals surface area contributed by atoms with E-state index in [2.05, 4.69) is 24.3 Å². The van der Waals surface area contributed by atoms with Crippen molar-refractivity contribution in [1.29, 1.82) is 0 Å². The number of tetrazole rings is 1. The highest BCUT2D eigenvalue weighted by Gasteiger charge is 2.26. The smallest absolute Gasteiger partial charge is 0.225 e. The van der Waals surface area contributed by atoms with Crippen molar-refractivity contribution in [3.63, 3.8) is 0 Å². The normalized spacial score (nSPS) is 24.6. The largest absolute Gasteiger partial charge is 0.497 e. The number of ether oxygens (including phenoxy) is 2. The van der Waals surface area contributed by atoms with E-state index >= 15 is 0 Å². The number of morpholine rings is 1. The summed E-state index contributed by atoms with van der Waals surface area (Å²) in [5, 5.41) is 8.40. The van der Waals surface area contributed by atoms with Gasteiger partial charge in [0, 0.05) is 0 Å². The van der Waals surface area contributed by atoms with Crippen molar-refractivity contribution in [1.82, 2.24) is 19.8 Å². The summed E-state index contributed by atoms with van der Waals surface area (Å²) in [6.45, 7) is 6.79. The molecule has 0 amide bonds. The van der Waals surface area contributed by atoms with Gasteiger partial charge in [-0.2, -0.15) is 9.36 Å². The van der Waals surface area contributed by atoms with Crippen LogP contribution < -0.4 is 9.64 Å². The Morgan fingerprint density at radius 1 is 1.22 bits per heavy atom. The summed E-state index contributed by atoms with van der Waals surface area (Å²) in [6.07, 6.45) is 0.499. The third kappa shape index (κ3) is 3.60. The first-order valence-electron chi connectivity index (χ1n) is 7.73. The molecule has 0 radical (unpaired) electrons. The van der Waals surface area contributed by atoms with Crippen LogP contribution in [-0.4, -0.2) is 52.2 Å². The molecule has 0 bridgehead atoms. The van der Waals surface area contributed by atoms with Crippen molar-refractivity contribution in [3.8, 4) is 11.4 Å². The highest BCUT2D eigenvalue weighted by molar-refractivity contribution is 7.71. The van der Waals surface area contributed by atoms with E-state index in [9.17, 15) is 0 Å². The first kappa shape index (κ1) is 16.1. The summed E-state index contributed by atoms with van der Waals surface area (Å²) >= 11 is 5.52. The van der Waals surface area contributed by atoms with Gasteiger partial charge in [-0.05, 0) is 60.8 Å². The van der Waals surface area contributed by atoms with E-state index < -0.39 is 0 Å². The zero-order chi connectivity index (χ0) is 16.4. The molecule has 0 aliphatic carbocycles. The predicted molar refractivity (Wildman–Crippen MR) is 87.4 cm³/mol. The van der Waals surface area contributed by atoms with E-state index in [1.165, 1.54) is 4.90 Å². The van der Waals surface area contributed by atoms with Crippen molar-refractivity contribution in [3.05, 3.63) is 29.0 Å². The zero-order valence-electron chi connectivity index (χ0n) is 13.6. The van der Waals surface area contributed by atoms with E-state index in [1.807, 2.05) is 24.3 Å². The second-order valence-electron chi connectivity index (χ2n) is 5.94. The number of hydrogen-bond donors (Lipinski definition) is 1. The van der Waals surface area contributed by atoms with Crippen LogP contribution in [0.25, 0.3) is 5.69 Å². The van der Waals surface area contributed by atoms with Gasteiger partial charge in [-0.1, -0.05) is 0 Å². The van der Waals surface area contributed by atoms with Crippen LogP contribution in [-0.2, 0) is 11.4 Å². The van der Waals surface area contributed by atoms with E-state index in [1.54, 1.807) is 16.5 Å². The van der Waals surface area contributed by atoms with Crippen LogP contribution >= 0.6 is 12.2 Å². The summed E-state index contributed by atoms with van der Waals surface area (Å²) in [5.41, 5.74) is 0.876. The first-order chi connectivity index (χ1) is 11.1. The van der Waals surface area contributed by atoms with Gasteiger partial charge in [0.2, 0.25) is 4.77 Å². The number of rotatable bonds is 4. The fourth-order valence-electron chi connectivity index (χ4n) is 2.99. The maximum absolute atomic E-state index is 5.77. The summed E-state index contributed by atoms with van der Waals surface area (Å²) in [6, 6.07) is 7.60. The minimum absolute atomic E-state index is 0.250. The minimum atomic E-state index is 0.250. The molecule has 2 aromatic rings. The van der Waals surface area contributed by atoms with Gasteiger partial charge in [0.1, 0.15) is 31.0 Å². The Labute approximate surface area is 140 Å². The molecule has 0 saturated carbocycles. The molecular weight excluding hydrogens is 314 g/mol. The molecule has 23 heavy (non-hydrogen) atoms. The first-order valence-corrected chi connectivity index (χ1v) is 8.14. The molecule has 1 aliphatic rings. The van der Waals surface area contributed by atoms with Gasteiger partial charge in [-0.25, -0.2) is 0 Å². The number of nitrogens with zero attached hydrogens (tertiary/aromatic N) is 4. The molecule has 124 valence electrons. The van der Waals surface area contributed by atoms with Gasteiger partial charge in [0.25, 0.3) is 0 Å². The Kier molecular flexibility index (Phi) is 4.74. The van der Waals surface area contributed by atoms with Crippen molar-refractivity contribution < 1.29 is 14.4 Å². The lowest BCUT2D eigenvalue weighted by Gasteiger charge is -2.31. The Bertz CT molecular complexity index is 701. The van der Waals surface area contributed by atoms with Gasteiger partial charge in [0.15, 0.2) is 6.67 Å². The number of hydrogen-bond acceptors (Lipinski definition) is 5. The van der Waals surface area contributed by atoms with Crippen molar-refractivity contribution in [2.75, 3.05) is 20.2 Å². The fraction of sp³-hybridized carbons (Fsp3) is 0.533. The van der Waals surface area contributed by atoms with E-state index in [0.29, 0.717) is 11.4 Å². The lowest BCUT2D eigenvalue weighted by atomic mass is 10.2. The van der Waals surface area contributed by atoms with Gasteiger partial charge in [0.05, 0.1) is 12.8 Å². The molecule has 1 fully saturated rings. The number of quaternary nitrogens is 1. The monoisotopic (exact) mass is 336 g/mol. The second kappa shape index (κ2) is 6.77.